The van der Waals surface area contributed by atoms with Gasteiger partial charge in [0, 0.05) is 32.4 Å². The van der Waals surface area contributed by atoms with Crippen molar-refractivity contribution in [1.82, 2.24) is 14.2 Å². The molecule has 0 bridgehead atoms. The van der Waals surface area contributed by atoms with Gasteiger partial charge in [-0.1, -0.05) is 30.3 Å². The van der Waals surface area contributed by atoms with Crippen molar-refractivity contribution >= 4 is 15.9 Å². The highest BCUT2D eigenvalue weighted by Gasteiger charge is 2.30. The first-order valence-corrected chi connectivity index (χ1v) is 9.75. The molecular weight excluding hydrogens is 354 g/mol. The summed E-state index contributed by atoms with van der Waals surface area (Å²) in [6.45, 7) is 0. The summed E-state index contributed by atoms with van der Waals surface area (Å²) in [7, 11) is -0.895. The lowest BCUT2D eigenvalue weighted by Gasteiger charge is -2.21. The molecule has 1 fully saturated rings. The molecule has 1 aliphatic carbocycles. The number of amides is 1. The monoisotopic (exact) mass is 375 g/mol. The molecule has 2 aromatic rings. The first-order chi connectivity index (χ1) is 12.3. The number of sulfonamides is 1. The van der Waals surface area contributed by atoms with Gasteiger partial charge < -0.3 is 5.32 Å². The SMILES string of the molecule is CN(C)S(=O)(=O)c1ccc(=O)n(C(C(=O)NC2CC2)c2ccccc2)c1. The Kier molecular flexibility index (Phi) is 4.97. The molecule has 1 atom stereocenters. The van der Waals surface area contributed by atoms with Crippen molar-refractivity contribution in [3.8, 4) is 0 Å². The van der Waals surface area contributed by atoms with Crippen molar-refractivity contribution in [3.63, 3.8) is 0 Å². The minimum atomic E-state index is -3.73. The van der Waals surface area contributed by atoms with Crippen molar-refractivity contribution < 1.29 is 13.2 Å². The van der Waals surface area contributed by atoms with Gasteiger partial charge in [-0.3, -0.25) is 14.2 Å². The molecule has 138 valence electrons. The predicted molar refractivity (Wildman–Crippen MR) is 97.3 cm³/mol. The van der Waals surface area contributed by atoms with Gasteiger partial charge in [-0.25, -0.2) is 12.7 Å². The number of rotatable bonds is 6. The van der Waals surface area contributed by atoms with Crippen LogP contribution in [0.4, 0.5) is 0 Å². The Morgan fingerprint density at radius 3 is 2.38 bits per heavy atom. The molecular formula is C18H21N3O4S. The van der Waals surface area contributed by atoms with Gasteiger partial charge in [0.25, 0.3) is 5.56 Å². The largest absolute Gasteiger partial charge is 0.351 e. The quantitative estimate of drug-likeness (QED) is 0.815. The molecule has 1 unspecified atom stereocenters. The van der Waals surface area contributed by atoms with Crippen molar-refractivity contribution in [3.05, 3.63) is 64.6 Å². The average molecular weight is 375 g/mol. The van der Waals surface area contributed by atoms with E-state index in [-0.39, 0.29) is 16.8 Å². The zero-order chi connectivity index (χ0) is 18.9. The second-order valence-corrected chi connectivity index (χ2v) is 8.65. The summed E-state index contributed by atoms with van der Waals surface area (Å²) < 4.78 is 27.1. The topological polar surface area (TPSA) is 88.5 Å². The molecule has 0 spiro atoms. The van der Waals surface area contributed by atoms with Gasteiger partial charge in [0.05, 0.1) is 4.90 Å². The second-order valence-electron chi connectivity index (χ2n) is 6.49. The molecule has 0 saturated heterocycles. The Morgan fingerprint density at radius 1 is 1.15 bits per heavy atom. The minimum absolute atomic E-state index is 0.0396. The number of nitrogens with zero attached hydrogens (tertiary/aromatic N) is 2. The Balaban J connectivity index is 2.11. The van der Waals surface area contributed by atoms with Gasteiger partial charge in [0.2, 0.25) is 15.9 Å². The van der Waals surface area contributed by atoms with E-state index < -0.39 is 21.6 Å². The van der Waals surface area contributed by atoms with E-state index in [2.05, 4.69) is 5.32 Å². The van der Waals surface area contributed by atoms with E-state index in [9.17, 15) is 18.0 Å². The highest BCUT2D eigenvalue weighted by atomic mass is 32.2. The number of carbonyl (C=O) groups excluding carboxylic acids is 1. The molecule has 0 radical (unpaired) electrons. The lowest BCUT2D eigenvalue weighted by Crippen LogP contribution is -2.39. The first-order valence-electron chi connectivity index (χ1n) is 8.31. The molecule has 1 saturated carbocycles. The van der Waals surface area contributed by atoms with E-state index >= 15 is 0 Å². The number of aromatic nitrogens is 1. The first kappa shape index (κ1) is 18.3. The van der Waals surface area contributed by atoms with Crippen LogP contribution in [0.15, 0.2) is 58.4 Å². The maximum Gasteiger partial charge on any atom is 0.251 e. The molecule has 0 aliphatic heterocycles. The highest BCUT2D eigenvalue weighted by Crippen LogP contribution is 2.23. The molecule has 8 heteroatoms. The van der Waals surface area contributed by atoms with Crippen molar-refractivity contribution in [2.75, 3.05) is 14.1 Å². The smallest absolute Gasteiger partial charge is 0.251 e. The fourth-order valence-corrected chi connectivity index (χ4v) is 3.54. The van der Waals surface area contributed by atoms with Crippen LogP contribution in [0, 0.1) is 0 Å². The van der Waals surface area contributed by atoms with Crippen LogP contribution in [0.5, 0.6) is 0 Å². The number of pyridine rings is 1. The maximum atomic E-state index is 12.8. The molecule has 7 nitrogen and oxygen atoms in total. The molecule has 26 heavy (non-hydrogen) atoms. The van der Waals surface area contributed by atoms with Crippen molar-refractivity contribution in [1.29, 1.82) is 0 Å². The molecule has 1 amide bonds. The summed E-state index contributed by atoms with van der Waals surface area (Å²) in [5, 5.41) is 2.90. The van der Waals surface area contributed by atoms with Crippen LogP contribution in [-0.4, -0.2) is 43.3 Å². The van der Waals surface area contributed by atoms with Gasteiger partial charge in [0.1, 0.15) is 6.04 Å². The van der Waals surface area contributed by atoms with E-state index in [4.69, 9.17) is 0 Å². The summed E-state index contributed by atoms with van der Waals surface area (Å²) in [5.41, 5.74) is 0.176. The number of carbonyl (C=O) groups is 1. The Bertz CT molecular complexity index is 963. The molecule has 1 aliphatic rings. The van der Waals surface area contributed by atoms with Crippen LogP contribution < -0.4 is 10.9 Å². The third-order valence-corrected chi connectivity index (χ3v) is 6.05. The van der Waals surface area contributed by atoms with Crippen LogP contribution in [0.25, 0.3) is 0 Å². The zero-order valence-corrected chi connectivity index (χ0v) is 15.4. The second kappa shape index (κ2) is 7.05. The lowest BCUT2D eigenvalue weighted by atomic mass is 10.1. The molecule has 1 N–H and O–H groups in total. The molecule has 1 aromatic carbocycles. The molecule has 3 rings (SSSR count). The number of benzene rings is 1. The average Bonchev–Trinajstić information content (AvgIpc) is 3.41. The van der Waals surface area contributed by atoms with Crippen LogP contribution in [0.3, 0.4) is 0 Å². The van der Waals surface area contributed by atoms with E-state index in [1.807, 2.05) is 6.07 Å². The van der Waals surface area contributed by atoms with Crippen molar-refractivity contribution in [2.24, 2.45) is 0 Å². The Hall–Kier alpha value is -2.45. The summed E-state index contributed by atoms with van der Waals surface area (Å²) in [4.78, 5) is 25.2. The third kappa shape index (κ3) is 3.71. The van der Waals surface area contributed by atoms with Crippen molar-refractivity contribution in [2.45, 2.75) is 29.8 Å². The van der Waals surface area contributed by atoms with E-state index in [1.54, 1.807) is 24.3 Å². The standard InChI is InChI=1S/C18H21N3O4S/c1-20(2)26(24,25)15-10-11-16(22)21(12-15)17(13-6-4-3-5-7-13)18(23)19-14-8-9-14/h3-7,10-12,14,17H,8-9H2,1-2H3,(H,19,23). The zero-order valence-electron chi connectivity index (χ0n) is 14.6. The number of hydrogen-bond acceptors (Lipinski definition) is 4. The van der Waals surface area contributed by atoms with Gasteiger partial charge in [-0.15, -0.1) is 0 Å². The summed E-state index contributed by atoms with van der Waals surface area (Å²) >= 11 is 0. The van der Waals surface area contributed by atoms with Gasteiger partial charge in [0.15, 0.2) is 0 Å². The van der Waals surface area contributed by atoms with Crippen LogP contribution in [0.2, 0.25) is 0 Å². The van der Waals surface area contributed by atoms with Crippen LogP contribution in [0.1, 0.15) is 24.4 Å². The fraction of sp³-hybridized carbons (Fsp3) is 0.333. The summed E-state index contributed by atoms with van der Waals surface area (Å²) in [6, 6.07) is 10.5. The van der Waals surface area contributed by atoms with E-state index in [1.165, 1.54) is 37.0 Å². The molecule has 1 aromatic heterocycles. The third-order valence-electron chi connectivity index (χ3n) is 4.26. The Labute approximate surface area is 152 Å². The lowest BCUT2D eigenvalue weighted by molar-refractivity contribution is -0.123. The molecule has 1 heterocycles. The minimum Gasteiger partial charge on any atom is -0.351 e. The van der Waals surface area contributed by atoms with Gasteiger partial charge in [-0.05, 0) is 24.5 Å². The Morgan fingerprint density at radius 2 is 1.81 bits per heavy atom. The number of hydrogen-bond donors (Lipinski definition) is 1. The highest BCUT2D eigenvalue weighted by molar-refractivity contribution is 7.89. The van der Waals surface area contributed by atoms with Crippen LogP contribution in [-0.2, 0) is 14.8 Å². The van der Waals surface area contributed by atoms with E-state index in [0.29, 0.717) is 5.56 Å². The fourth-order valence-electron chi connectivity index (χ4n) is 2.63. The predicted octanol–water partition coefficient (Wildman–Crippen LogP) is 0.967. The number of nitrogens with one attached hydrogen (secondary N) is 1. The summed E-state index contributed by atoms with van der Waals surface area (Å²) in [6.07, 6.45) is 3.07. The van der Waals surface area contributed by atoms with Crippen LogP contribution >= 0.6 is 0 Å². The van der Waals surface area contributed by atoms with Gasteiger partial charge >= 0.3 is 0 Å². The maximum absolute atomic E-state index is 12.8. The normalized spacial score (nSPS) is 15.7. The van der Waals surface area contributed by atoms with E-state index in [0.717, 1.165) is 17.1 Å². The summed E-state index contributed by atoms with van der Waals surface area (Å²) in [5.74, 6) is -0.319. The van der Waals surface area contributed by atoms with Gasteiger partial charge in [-0.2, -0.15) is 0 Å².